The van der Waals surface area contributed by atoms with Gasteiger partial charge in [0, 0.05) is 17.5 Å². The molecule has 0 radical (unpaired) electrons. The van der Waals surface area contributed by atoms with Gasteiger partial charge in [0.1, 0.15) is 5.75 Å². The molecule has 88 valence electrons. The molecular formula is C12H15F2NO. The van der Waals surface area contributed by atoms with E-state index in [1.807, 2.05) is 31.2 Å². The van der Waals surface area contributed by atoms with Crippen LogP contribution >= 0.6 is 0 Å². The van der Waals surface area contributed by atoms with Crippen LogP contribution in [0.1, 0.15) is 18.5 Å². The number of halogens is 2. The molecule has 0 bridgehead atoms. The minimum atomic E-state index is -2.32. The molecule has 2 atom stereocenters. The van der Waals surface area contributed by atoms with Gasteiger partial charge in [-0.2, -0.15) is 0 Å². The molecule has 2 nitrogen and oxygen atoms in total. The van der Waals surface area contributed by atoms with Crippen LogP contribution in [0.15, 0.2) is 24.3 Å². The molecule has 1 heterocycles. The third kappa shape index (κ3) is 2.32. The van der Waals surface area contributed by atoms with Crippen molar-refractivity contribution in [3.05, 3.63) is 29.8 Å². The maximum absolute atomic E-state index is 12.2. The van der Waals surface area contributed by atoms with Gasteiger partial charge in [-0.1, -0.05) is 25.1 Å². The molecule has 0 saturated carbocycles. The number of alkyl halides is 2. The first-order chi connectivity index (χ1) is 7.68. The van der Waals surface area contributed by atoms with Crippen molar-refractivity contribution in [3.63, 3.8) is 0 Å². The Kier molecular flexibility index (Phi) is 3.39. The number of fused-ring (bicyclic) bond motifs is 1. The second-order valence-corrected chi connectivity index (χ2v) is 4.10. The van der Waals surface area contributed by atoms with Gasteiger partial charge in [0.25, 0.3) is 6.43 Å². The lowest BCUT2D eigenvalue weighted by Gasteiger charge is -2.32. The lowest BCUT2D eigenvalue weighted by atomic mass is 9.92. The number of ether oxygens (including phenoxy) is 1. The quantitative estimate of drug-likeness (QED) is 0.857. The molecule has 0 aliphatic carbocycles. The van der Waals surface area contributed by atoms with Crippen molar-refractivity contribution in [1.29, 1.82) is 0 Å². The first-order valence-electron chi connectivity index (χ1n) is 5.41. The van der Waals surface area contributed by atoms with Crippen LogP contribution < -0.4 is 10.1 Å². The number of hydrogen-bond donors (Lipinski definition) is 1. The molecule has 0 saturated heterocycles. The first kappa shape index (κ1) is 11.3. The standard InChI is InChI=1S/C12H15F2NO/c1-8-7-16-10-5-3-2-4-9(10)12(8)15-6-11(13)14/h2-5,8,11-12,15H,6-7H2,1H3. The molecule has 1 aliphatic heterocycles. The summed E-state index contributed by atoms with van der Waals surface area (Å²) < 4.78 is 29.9. The monoisotopic (exact) mass is 227 g/mol. The maximum Gasteiger partial charge on any atom is 0.250 e. The molecule has 0 aromatic heterocycles. The van der Waals surface area contributed by atoms with E-state index in [-0.39, 0.29) is 18.5 Å². The van der Waals surface area contributed by atoms with Gasteiger partial charge in [-0.15, -0.1) is 0 Å². The predicted octanol–water partition coefficient (Wildman–Crippen LogP) is 2.61. The van der Waals surface area contributed by atoms with Crippen molar-refractivity contribution in [2.45, 2.75) is 19.4 Å². The fourth-order valence-electron chi connectivity index (χ4n) is 2.02. The summed E-state index contributed by atoms with van der Waals surface area (Å²) in [7, 11) is 0. The first-order valence-corrected chi connectivity index (χ1v) is 5.41. The largest absolute Gasteiger partial charge is 0.493 e. The zero-order chi connectivity index (χ0) is 11.5. The number of nitrogens with one attached hydrogen (secondary N) is 1. The average molecular weight is 227 g/mol. The smallest absolute Gasteiger partial charge is 0.250 e. The molecule has 2 unspecified atom stereocenters. The third-order valence-corrected chi connectivity index (χ3v) is 2.82. The highest BCUT2D eigenvalue weighted by Crippen LogP contribution is 2.34. The van der Waals surface area contributed by atoms with Crippen molar-refractivity contribution in [2.75, 3.05) is 13.2 Å². The Bertz CT molecular complexity index is 357. The zero-order valence-electron chi connectivity index (χ0n) is 9.12. The van der Waals surface area contributed by atoms with Gasteiger partial charge >= 0.3 is 0 Å². The lowest BCUT2D eigenvalue weighted by molar-refractivity contribution is 0.124. The van der Waals surface area contributed by atoms with Crippen LogP contribution in [0.4, 0.5) is 8.78 Å². The van der Waals surface area contributed by atoms with E-state index in [1.165, 1.54) is 0 Å². The fraction of sp³-hybridized carbons (Fsp3) is 0.500. The van der Waals surface area contributed by atoms with E-state index in [0.29, 0.717) is 6.61 Å². The fourth-order valence-corrected chi connectivity index (χ4v) is 2.02. The molecule has 0 fully saturated rings. The number of hydrogen-bond acceptors (Lipinski definition) is 2. The molecule has 1 aliphatic rings. The molecule has 1 N–H and O–H groups in total. The summed E-state index contributed by atoms with van der Waals surface area (Å²) in [6.45, 7) is 2.29. The van der Waals surface area contributed by atoms with Gasteiger partial charge in [0.2, 0.25) is 0 Å². The van der Waals surface area contributed by atoms with Crippen LogP contribution in [0.5, 0.6) is 5.75 Å². The van der Waals surface area contributed by atoms with Gasteiger partial charge in [-0.05, 0) is 6.07 Å². The van der Waals surface area contributed by atoms with Crippen molar-refractivity contribution in [1.82, 2.24) is 5.32 Å². The normalized spacial score (nSPS) is 24.0. The minimum Gasteiger partial charge on any atom is -0.493 e. The Labute approximate surface area is 93.6 Å². The number of para-hydroxylation sites is 1. The minimum absolute atomic E-state index is 0.0426. The predicted molar refractivity (Wildman–Crippen MR) is 57.8 cm³/mol. The summed E-state index contributed by atoms with van der Waals surface area (Å²) in [6, 6.07) is 7.54. The third-order valence-electron chi connectivity index (χ3n) is 2.82. The molecule has 4 heteroatoms. The highest BCUT2D eigenvalue weighted by atomic mass is 19.3. The molecule has 0 spiro atoms. The van der Waals surface area contributed by atoms with E-state index in [2.05, 4.69) is 5.32 Å². The van der Waals surface area contributed by atoms with Crippen LogP contribution in [0.25, 0.3) is 0 Å². The number of benzene rings is 1. The van der Waals surface area contributed by atoms with Crippen LogP contribution in [-0.4, -0.2) is 19.6 Å². The molecule has 2 rings (SSSR count). The Morgan fingerprint density at radius 2 is 2.19 bits per heavy atom. The van der Waals surface area contributed by atoms with Crippen molar-refractivity contribution < 1.29 is 13.5 Å². The van der Waals surface area contributed by atoms with E-state index in [4.69, 9.17) is 4.74 Å². The highest BCUT2D eigenvalue weighted by Gasteiger charge is 2.27. The molecule has 16 heavy (non-hydrogen) atoms. The molecular weight excluding hydrogens is 212 g/mol. The summed E-state index contributed by atoms with van der Waals surface area (Å²) >= 11 is 0. The lowest BCUT2D eigenvalue weighted by Crippen LogP contribution is -2.36. The highest BCUT2D eigenvalue weighted by molar-refractivity contribution is 5.37. The zero-order valence-corrected chi connectivity index (χ0v) is 9.12. The van der Waals surface area contributed by atoms with Crippen LogP contribution in [0.2, 0.25) is 0 Å². The van der Waals surface area contributed by atoms with E-state index < -0.39 is 6.43 Å². The van der Waals surface area contributed by atoms with Crippen molar-refractivity contribution in [3.8, 4) is 5.75 Å². The Balaban J connectivity index is 2.16. The maximum atomic E-state index is 12.2. The van der Waals surface area contributed by atoms with Gasteiger partial charge in [-0.3, -0.25) is 0 Å². The second kappa shape index (κ2) is 4.78. The molecule has 1 aromatic rings. The summed E-state index contributed by atoms with van der Waals surface area (Å²) in [5, 5.41) is 2.90. The van der Waals surface area contributed by atoms with Crippen molar-refractivity contribution >= 4 is 0 Å². The van der Waals surface area contributed by atoms with E-state index in [0.717, 1.165) is 11.3 Å². The van der Waals surface area contributed by atoms with Crippen molar-refractivity contribution in [2.24, 2.45) is 5.92 Å². The van der Waals surface area contributed by atoms with Gasteiger partial charge in [0.15, 0.2) is 0 Å². The van der Waals surface area contributed by atoms with Crippen LogP contribution in [0, 0.1) is 5.92 Å². The van der Waals surface area contributed by atoms with Crippen LogP contribution in [-0.2, 0) is 0 Å². The summed E-state index contributed by atoms with van der Waals surface area (Å²) in [5.41, 5.74) is 0.974. The van der Waals surface area contributed by atoms with Gasteiger partial charge < -0.3 is 10.1 Å². The SMILES string of the molecule is CC1COc2ccccc2C1NCC(F)F. The number of rotatable bonds is 3. The summed E-state index contributed by atoms with van der Waals surface area (Å²) in [6.07, 6.45) is -2.32. The van der Waals surface area contributed by atoms with E-state index in [1.54, 1.807) is 0 Å². The van der Waals surface area contributed by atoms with Gasteiger partial charge in [-0.25, -0.2) is 8.78 Å². The molecule has 1 aromatic carbocycles. The van der Waals surface area contributed by atoms with Crippen LogP contribution in [0.3, 0.4) is 0 Å². The topological polar surface area (TPSA) is 21.3 Å². The van der Waals surface area contributed by atoms with E-state index in [9.17, 15) is 8.78 Å². The molecule has 0 amide bonds. The second-order valence-electron chi connectivity index (χ2n) is 4.10. The Hall–Kier alpha value is -1.16. The Morgan fingerprint density at radius 3 is 2.94 bits per heavy atom. The average Bonchev–Trinajstić information content (AvgIpc) is 2.27. The summed E-state index contributed by atoms with van der Waals surface area (Å²) in [4.78, 5) is 0. The summed E-state index contributed by atoms with van der Waals surface area (Å²) in [5.74, 6) is 1.00. The van der Waals surface area contributed by atoms with E-state index >= 15 is 0 Å². The van der Waals surface area contributed by atoms with Gasteiger partial charge in [0.05, 0.1) is 13.2 Å². The Morgan fingerprint density at radius 1 is 1.44 bits per heavy atom.